The lowest BCUT2D eigenvalue weighted by Gasteiger charge is -2.12. The first-order valence-corrected chi connectivity index (χ1v) is 11.7. The minimum absolute atomic E-state index is 0.0403. The fourth-order valence-corrected chi connectivity index (χ4v) is 5.06. The molecule has 8 nitrogen and oxygen atoms in total. The van der Waals surface area contributed by atoms with Crippen LogP contribution in [0.15, 0.2) is 11.0 Å². The highest BCUT2D eigenvalue weighted by molar-refractivity contribution is 7.91. The molecule has 0 radical (unpaired) electrons. The van der Waals surface area contributed by atoms with Crippen molar-refractivity contribution in [3.8, 4) is 17.4 Å². The number of pyridine rings is 1. The Morgan fingerprint density at radius 1 is 1.12 bits per heavy atom. The van der Waals surface area contributed by atoms with E-state index in [4.69, 9.17) is 0 Å². The maximum Gasteiger partial charge on any atom is 0.433 e. The van der Waals surface area contributed by atoms with Crippen LogP contribution in [0.3, 0.4) is 0 Å². The molecule has 0 amide bonds. The van der Waals surface area contributed by atoms with E-state index in [-0.39, 0.29) is 39.1 Å². The van der Waals surface area contributed by atoms with Gasteiger partial charge in [-0.2, -0.15) is 31.4 Å². The van der Waals surface area contributed by atoms with Crippen LogP contribution in [0.5, 0.6) is 5.88 Å². The highest BCUT2D eigenvalue weighted by atomic mass is 32.2. The van der Waals surface area contributed by atoms with Crippen molar-refractivity contribution in [1.82, 2.24) is 24.3 Å². The van der Waals surface area contributed by atoms with E-state index in [1.165, 1.54) is 18.7 Å². The molecule has 1 fully saturated rings. The third kappa shape index (κ3) is 4.32. The fourth-order valence-electron chi connectivity index (χ4n) is 3.73. The zero-order valence-corrected chi connectivity index (χ0v) is 18.9. The normalized spacial score (nSPS) is 15.3. The molecule has 186 valence electrons. The predicted octanol–water partition coefficient (Wildman–Crippen LogP) is 4.00. The van der Waals surface area contributed by atoms with Gasteiger partial charge < -0.3 is 9.30 Å². The number of sulfone groups is 1. The van der Waals surface area contributed by atoms with Crippen LogP contribution in [0.4, 0.5) is 26.3 Å². The lowest BCUT2D eigenvalue weighted by Crippen LogP contribution is -2.20. The summed E-state index contributed by atoms with van der Waals surface area (Å²) in [6.45, 7) is -0.428. The largest absolute Gasteiger partial charge is 0.466 e. The van der Waals surface area contributed by atoms with E-state index in [9.17, 15) is 34.8 Å². The SMILES string of the molecule is CCS(=O)(=O)c1c(-c2nc3cc(C(F)(F)F)nc(OCC(F)(F)F)c3n2C)nn(C)c1C1CC1. The van der Waals surface area contributed by atoms with Crippen molar-refractivity contribution in [2.45, 2.75) is 42.9 Å². The third-order valence-electron chi connectivity index (χ3n) is 5.40. The zero-order valence-electron chi connectivity index (χ0n) is 18.1. The third-order valence-corrected chi connectivity index (χ3v) is 7.18. The van der Waals surface area contributed by atoms with E-state index in [2.05, 4.69) is 19.8 Å². The van der Waals surface area contributed by atoms with Gasteiger partial charge in [0, 0.05) is 20.0 Å². The van der Waals surface area contributed by atoms with E-state index in [1.54, 1.807) is 7.05 Å². The molecule has 0 spiro atoms. The van der Waals surface area contributed by atoms with Crippen LogP contribution in [0.1, 0.15) is 37.1 Å². The van der Waals surface area contributed by atoms with Gasteiger partial charge in [-0.05, 0) is 18.9 Å². The van der Waals surface area contributed by atoms with Crippen LogP contribution in [-0.2, 0) is 30.1 Å². The monoisotopic (exact) mass is 511 g/mol. The molecule has 3 aromatic heterocycles. The predicted molar refractivity (Wildman–Crippen MR) is 107 cm³/mol. The molecule has 4 rings (SSSR count). The molecule has 0 aromatic carbocycles. The summed E-state index contributed by atoms with van der Waals surface area (Å²) in [5.41, 5.74) is -1.75. The van der Waals surface area contributed by atoms with Gasteiger partial charge in [-0.25, -0.2) is 18.4 Å². The van der Waals surface area contributed by atoms with E-state index < -0.39 is 40.4 Å². The molecular formula is C19H19F6N5O3S. The summed E-state index contributed by atoms with van der Waals surface area (Å²) >= 11 is 0. The van der Waals surface area contributed by atoms with Crippen LogP contribution >= 0.6 is 0 Å². The molecule has 0 bridgehead atoms. The minimum atomic E-state index is -4.98. The van der Waals surface area contributed by atoms with Crippen LogP contribution < -0.4 is 4.74 Å². The van der Waals surface area contributed by atoms with Crippen molar-refractivity contribution in [1.29, 1.82) is 0 Å². The Kier molecular flexibility index (Phi) is 5.61. The number of hydrogen-bond acceptors (Lipinski definition) is 6. The summed E-state index contributed by atoms with van der Waals surface area (Å²) in [5, 5.41) is 4.29. The lowest BCUT2D eigenvalue weighted by molar-refractivity contribution is -0.154. The lowest BCUT2D eigenvalue weighted by atomic mass is 10.2. The molecule has 0 atom stereocenters. The number of ether oxygens (including phenoxy) is 1. The number of halogens is 6. The average Bonchev–Trinajstić information content (AvgIpc) is 3.42. The second kappa shape index (κ2) is 7.85. The summed E-state index contributed by atoms with van der Waals surface area (Å²) in [4.78, 5) is 7.28. The van der Waals surface area contributed by atoms with Gasteiger partial charge in [0.15, 0.2) is 28.0 Å². The van der Waals surface area contributed by atoms with Crippen molar-refractivity contribution >= 4 is 20.9 Å². The first-order chi connectivity index (χ1) is 15.6. The molecule has 0 aliphatic heterocycles. The van der Waals surface area contributed by atoms with E-state index in [0.29, 0.717) is 11.8 Å². The standard InChI is InChI=1S/C19H19F6N5O3S/c1-4-34(31,32)15-12(28-30(3)13(15)9-5-6-9)16-26-10-7-11(19(23,24)25)27-17(14(10)29(16)2)33-8-18(20,21)22/h7,9H,4-6,8H2,1-3H3. The number of nitrogens with zero attached hydrogens (tertiary/aromatic N) is 5. The Bertz CT molecular complexity index is 1370. The Labute approximate surface area is 189 Å². The summed E-state index contributed by atoms with van der Waals surface area (Å²) in [6, 6.07) is 0.567. The number of fused-ring (bicyclic) bond motifs is 1. The molecule has 1 aliphatic rings. The van der Waals surface area contributed by atoms with Gasteiger partial charge in [0.05, 0.1) is 17.0 Å². The highest BCUT2D eigenvalue weighted by Crippen LogP contribution is 2.46. The average molecular weight is 511 g/mol. The minimum Gasteiger partial charge on any atom is -0.466 e. The van der Waals surface area contributed by atoms with Crippen molar-refractivity contribution in [2.75, 3.05) is 12.4 Å². The quantitative estimate of drug-likeness (QED) is 0.465. The van der Waals surface area contributed by atoms with Gasteiger partial charge in [0.1, 0.15) is 16.1 Å². The molecular weight excluding hydrogens is 492 g/mol. The Morgan fingerprint density at radius 3 is 2.29 bits per heavy atom. The molecule has 0 saturated heterocycles. The second-order valence-electron chi connectivity index (χ2n) is 7.94. The van der Waals surface area contributed by atoms with Crippen LogP contribution in [0.25, 0.3) is 22.6 Å². The molecule has 1 saturated carbocycles. The van der Waals surface area contributed by atoms with Crippen molar-refractivity contribution in [3.05, 3.63) is 17.5 Å². The highest BCUT2D eigenvalue weighted by Gasteiger charge is 2.39. The number of aryl methyl sites for hydroxylation is 2. The maximum absolute atomic E-state index is 13.3. The Morgan fingerprint density at radius 2 is 1.76 bits per heavy atom. The Balaban J connectivity index is 1.99. The summed E-state index contributed by atoms with van der Waals surface area (Å²) in [6.07, 6.45) is -8.31. The van der Waals surface area contributed by atoms with E-state index >= 15 is 0 Å². The maximum atomic E-state index is 13.3. The van der Waals surface area contributed by atoms with Crippen LogP contribution in [0.2, 0.25) is 0 Å². The first-order valence-electron chi connectivity index (χ1n) is 10.1. The second-order valence-corrected chi connectivity index (χ2v) is 10.2. The molecule has 34 heavy (non-hydrogen) atoms. The molecule has 3 heterocycles. The van der Waals surface area contributed by atoms with Gasteiger partial charge in [-0.1, -0.05) is 6.92 Å². The summed E-state index contributed by atoms with van der Waals surface area (Å²) in [7, 11) is -0.965. The van der Waals surface area contributed by atoms with Crippen molar-refractivity contribution in [2.24, 2.45) is 14.1 Å². The Hall–Kier alpha value is -2.84. The van der Waals surface area contributed by atoms with Crippen LogP contribution in [-0.4, -0.2) is 51.3 Å². The first kappa shape index (κ1) is 24.3. The summed E-state index contributed by atoms with van der Waals surface area (Å²) in [5.74, 6) is -1.36. The van der Waals surface area contributed by atoms with Gasteiger partial charge in [0.25, 0.3) is 0 Å². The van der Waals surface area contributed by atoms with E-state index in [0.717, 1.165) is 17.4 Å². The molecule has 3 aromatic rings. The number of aromatic nitrogens is 5. The number of rotatable bonds is 6. The topological polar surface area (TPSA) is 91.9 Å². The van der Waals surface area contributed by atoms with Crippen molar-refractivity contribution in [3.63, 3.8) is 0 Å². The molecule has 0 N–H and O–H groups in total. The van der Waals surface area contributed by atoms with Gasteiger partial charge in [0.2, 0.25) is 5.88 Å². The van der Waals surface area contributed by atoms with Gasteiger partial charge in [-0.15, -0.1) is 0 Å². The van der Waals surface area contributed by atoms with Crippen LogP contribution in [0, 0.1) is 0 Å². The number of imidazole rings is 1. The number of hydrogen-bond donors (Lipinski definition) is 0. The smallest absolute Gasteiger partial charge is 0.433 e. The molecule has 1 aliphatic carbocycles. The van der Waals surface area contributed by atoms with Gasteiger partial charge >= 0.3 is 12.4 Å². The summed E-state index contributed by atoms with van der Waals surface area (Å²) < 4.78 is 111. The van der Waals surface area contributed by atoms with Gasteiger partial charge in [-0.3, -0.25) is 4.68 Å². The van der Waals surface area contributed by atoms with E-state index in [1.807, 2.05) is 0 Å². The zero-order chi connectivity index (χ0) is 25.2. The number of alkyl halides is 6. The molecule has 0 unspecified atom stereocenters. The van der Waals surface area contributed by atoms with Crippen molar-refractivity contribution < 1.29 is 39.5 Å². The fraction of sp³-hybridized carbons (Fsp3) is 0.526. The molecule has 15 heteroatoms.